The van der Waals surface area contributed by atoms with Gasteiger partial charge in [-0.15, -0.1) is 0 Å². The molecule has 0 saturated heterocycles. The fourth-order valence-corrected chi connectivity index (χ4v) is 2.00. The number of nitrogens with two attached hydrogens (primary N) is 1. The predicted octanol–water partition coefficient (Wildman–Crippen LogP) is 2.40. The van der Waals surface area contributed by atoms with E-state index in [2.05, 4.69) is 26.3 Å². The molecule has 1 aromatic carbocycles. The number of hydrogen-bond acceptors (Lipinski definition) is 4. The van der Waals surface area contributed by atoms with E-state index in [0.717, 1.165) is 10.0 Å². The number of hydrogen-bond donors (Lipinski definition) is 2. The molecule has 0 aliphatic heterocycles. The molecule has 0 saturated carbocycles. The molecule has 104 valence electrons. The van der Waals surface area contributed by atoms with Gasteiger partial charge in [0.2, 0.25) is 0 Å². The van der Waals surface area contributed by atoms with Gasteiger partial charge in [-0.1, -0.05) is 28.1 Å². The summed E-state index contributed by atoms with van der Waals surface area (Å²) in [6, 6.07) is 11.2. The van der Waals surface area contributed by atoms with Crippen molar-refractivity contribution in [3.05, 3.63) is 58.3 Å². The van der Waals surface area contributed by atoms with Crippen LogP contribution in [0.15, 0.2) is 47.1 Å². The minimum atomic E-state index is -0.128. The van der Waals surface area contributed by atoms with Crippen LogP contribution >= 0.6 is 15.9 Å². The van der Waals surface area contributed by atoms with Gasteiger partial charge in [-0.25, -0.2) is 4.98 Å². The van der Waals surface area contributed by atoms with Crippen molar-refractivity contribution in [1.82, 2.24) is 9.88 Å². The number of halogens is 1. The average Bonchev–Trinajstić information content (AvgIpc) is 2.49. The Kier molecular flexibility index (Phi) is 4.70. The molecular formula is C14H15BrN4O. The number of pyridine rings is 1. The molecule has 20 heavy (non-hydrogen) atoms. The van der Waals surface area contributed by atoms with Crippen LogP contribution in [0.4, 0.5) is 5.69 Å². The summed E-state index contributed by atoms with van der Waals surface area (Å²) in [4.78, 5) is 17.9. The summed E-state index contributed by atoms with van der Waals surface area (Å²) in [5.41, 5.74) is 4.59. The monoisotopic (exact) mass is 334 g/mol. The lowest BCUT2D eigenvalue weighted by atomic mass is 10.2. The highest BCUT2D eigenvalue weighted by Gasteiger charge is 2.13. The first-order valence-corrected chi connectivity index (χ1v) is 6.82. The van der Waals surface area contributed by atoms with Gasteiger partial charge in [0.1, 0.15) is 5.69 Å². The highest BCUT2D eigenvalue weighted by Crippen LogP contribution is 2.13. The first-order chi connectivity index (χ1) is 9.60. The van der Waals surface area contributed by atoms with Crippen LogP contribution in [0.1, 0.15) is 16.1 Å². The Labute approximate surface area is 125 Å². The van der Waals surface area contributed by atoms with E-state index in [1.54, 1.807) is 24.1 Å². The zero-order chi connectivity index (χ0) is 14.5. The zero-order valence-electron chi connectivity index (χ0n) is 11.0. The lowest BCUT2D eigenvalue weighted by Gasteiger charge is -2.17. The van der Waals surface area contributed by atoms with E-state index in [0.29, 0.717) is 17.9 Å². The van der Waals surface area contributed by atoms with Gasteiger partial charge in [0.15, 0.2) is 0 Å². The standard InChI is InChI=1S/C14H15BrN4O/c1-19(9-10-2-4-11(15)5-3-10)14(20)13-7-6-12(18-16)8-17-13/h2-8,18H,9,16H2,1H3. The largest absolute Gasteiger partial charge is 0.336 e. The van der Waals surface area contributed by atoms with Gasteiger partial charge in [-0.3, -0.25) is 10.6 Å². The number of hydrazine groups is 1. The van der Waals surface area contributed by atoms with E-state index in [4.69, 9.17) is 5.84 Å². The van der Waals surface area contributed by atoms with Crippen LogP contribution in [-0.4, -0.2) is 22.8 Å². The Morgan fingerprint density at radius 2 is 2.00 bits per heavy atom. The zero-order valence-corrected chi connectivity index (χ0v) is 12.6. The predicted molar refractivity (Wildman–Crippen MR) is 82.0 cm³/mol. The van der Waals surface area contributed by atoms with E-state index in [1.165, 1.54) is 6.20 Å². The number of anilines is 1. The van der Waals surface area contributed by atoms with Crippen molar-refractivity contribution >= 4 is 27.5 Å². The molecule has 0 spiro atoms. The molecule has 6 heteroatoms. The van der Waals surface area contributed by atoms with Crippen molar-refractivity contribution in [2.45, 2.75) is 6.54 Å². The molecule has 2 rings (SSSR count). The Hall–Kier alpha value is -1.92. The molecule has 0 aliphatic carbocycles. The van der Waals surface area contributed by atoms with Crippen molar-refractivity contribution in [2.24, 2.45) is 5.84 Å². The van der Waals surface area contributed by atoms with Crippen molar-refractivity contribution in [2.75, 3.05) is 12.5 Å². The van der Waals surface area contributed by atoms with Gasteiger partial charge >= 0.3 is 0 Å². The number of carbonyl (C=O) groups excluding carboxylic acids is 1. The summed E-state index contributed by atoms with van der Waals surface area (Å²) in [5, 5.41) is 0. The van der Waals surface area contributed by atoms with Gasteiger partial charge in [-0.05, 0) is 29.8 Å². The number of amides is 1. The molecule has 0 radical (unpaired) electrons. The molecule has 2 aromatic rings. The summed E-state index contributed by atoms with van der Waals surface area (Å²) in [6.07, 6.45) is 1.53. The normalized spacial score (nSPS) is 10.2. The molecule has 0 bridgehead atoms. The average molecular weight is 335 g/mol. The second kappa shape index (κ2) is 6.49. The number of benzene rings is 1. The minimum absolute atomic E-state index is 0.128. The molecule has 3 N–H and O–H groups in total. The first-order valence-electron chi connectivity index (χ1n) is 6.02. The van der Waals surface area contributed by atoms with Crippen LogP contribution in [0.5, 0.6) is 0 Å². The minimum Gasteiger partial charge on any atom is -0.336 e. The van der Waals surface area contributed by atoms with Crippen LogP contribution in [0, 0.1) is 0 Å². The van der Waals surface area contributed by atoms with E-state index < -0.39 is 0 Å². The molecule has 1 amide bonds. The Morgan fingerprint density at radius 1 is 1.30 bits per heavy atom. The second-order valence-electron chi connectivity index (χ2n) is 4.36. The molecule has 0 unspecified atom stereocenters. The molecule has 1 aromatic heterocycles. The number of rotatable bonds is 4. The van der Waals surface area contributed by atoms with E-state index in [-0.39, 0.29) is 5.91 Å². The number of carbonyl (C=O) groups is 1. The molecule has 0 atom stereocenters. The van der Waals surface area contributed by atoms with Crippen LogP contribution in [0.3, 0.4) is 0 Å². The molecule has 1 heterocycles. The Morgan fingerprint density at radius 3 is 2.55 bits per heavy atom. The smallest absolute Gasteiger partial charge is 0.272 e. The summed E-state index contributed by atoms with van der Waals surface area (Å²) >= 11 is 3.38. The third-order valence-electron chi connectivity index (χ3n) is 2.83. The van der Waals surface area contributed by atoms with Gasteiger partial charge in [-0.2, -0.15) is 0 Å². The van der Waals surface area contributed by atoms with Crippen LogP contribution in [0.2, 0.25) is 0 Å². The molecule has 5 nitrogen and oxygen atoms in total. The van der Waals surface area contributed by atoms with Crippen molar-refractivity contribution < 1.29 is 4.79 Å². The van der Waals surface area contributed by atoms with Crippen LogP contribution in [0.25, 0.3) is 0 Å². The van der Waals surface area contributed by atoms with Crippen LogP contribution in [-0.2, 0) is 6.54 Å². The van der Waals surface area contributed by atoms with E-state index >= 15 is 0 Å². The third kappa shape index (κ3) is 3.55. The quantitative estimate of drug-likeness (QED) is 0.665. The number of aromatic nitrogens is 1. The van der Waals surface area contributed by atoms with Gasteiger partial charge < -0.3 is 10.3 Å². The van der Waals surface area contributed by atoms with E-state index in [9.17, 15) is 4.79 Å². The van der Waals surface area contributed by atoms with Gasteiger partial charge in [0.25, 0.3) is 5.91 Å². The van der Waals surface area contributed by atoms with Gasteiger partial charge in [0, 0.05) is 18.1 Å². The summed E-state index contributed by atoms with van der Waals surface area (Å²) < 4.78 is 1.02. The summed E-state index contributed by atoms with van der Waals surface area (Å²) in [7, 11) is 1.75. The van der Waals surface area contributed by atoms with Crippen molar-refractivity contribution in [1.29, 1.82) is 0 Å². The van der Waals surface area contributed by atoms with Crippen molar-refractivity contribution in [3.8, 4) is 0 Å². The Bertz CT molecular complexity index is 583. The highest BCUT2D eigenvalue weighted by molar-refractivity contribution is 9.10. The van der Waals surface area contributed by atoms with Crippen molar-refractivity contribution in [3.63, 3.8) is 0 Å². The highest BCUT2D eigenvalue weighted by atomic mass is 79.9. The topological polar surface area (TPSA) is 71.2 Å². The maximum absolute atomic E-state index is 12.2. The SMILES string of the molecule is CN(Cc1ccc(Br)cc1)C(=O)c1ccc(NN)cn1. The lowest BCUT2D eigenvalue weighted by Crippen LogP contribution is -2.27. The maximum Gasteiger partial charge on any atom is 0.272 e. The lowest BCUT2D eigenvalue weighted by molar-refractivity contribution is 0.0779. The summed E-state index contributed by atoms with van der Waals surface area (Å²) in [5.74, 6) is 5.13. The molecule has 0 fully saturated rings. The third-order valence-corrected chi connectivity index (χ3v) is 3.36. The fourth-order valence-electron chi connectivity index (χ4n) is 1.74. The van der Waals surface area contributed by atoms with Gasteiger partial charge in [0.05, 0.1) is 11.9 Å². The van der Waals surface area contributed by atoms with E-state index in [1.807, 2.05) is 24.3 Å². The fraction of sp³-hybridized carbons (Fsp3) is 0.143. The molecule has 0 aliphatic rings. The first kappa shape index (κ1) is 14.5. The molecular weight excluding hydrogens is 320 g/mol. The second-order valence-corrected chi connectivity index (χ2v) is 5.28. The Balaban J connectivity index is 2.05. The number of nitrogens with zero attached hydrogens (tertiary/aromatic N) is 2. The number of nitrogen functional groups attached to an aromatic ring is 1. The maximum atomic E-state index is 12.2. The number of nitrogens with one attached hydrogen (secondary N) is 1. The summed E-state index contributed by atoms with van der Waals surface area (Å²) in [6.45, 7) is 0.532. The van der Waals surface area contributed by atoms with Crippen LogP contribution < -0.4 is 11.3 Å².